The Morgan fingerprint density at radius 1 is 1.25 bits per heavy atom. The van der Waals surface area contributed by atoms with Crippen LogP contribution in [0.2, 0.25) is 0 Å². The lowest BCUT2D eigenvalue weighted by Gasteiger charge is -2.12. The van der Waals surface area contributed by atoms with Gasteiger partial charge in [-0.15, -0.1) is 0 Å². The van der Waals surface area contributed by atoms with Gasteiger partial charge in [-0.05, 0) is 31.5 Å². The predicted octanol–water partition coefficient (Wildman–Crippen LogP) is 2.19. The van der Waals surface area contributed by atoms with E-state index in [9.17, 15) is 9.59 Å². The van der Waals surface area contributed by atoms with Gasteiger partial charge >= 0.3 is 6.09 Å². The maximum atomic E-state index is 11.7. The number of amides is 2. The van der Waals surface area contributed by atoms with Gasteiger partial charge in [0.2, 0.25) is 5.91 Å². The number of nitrogens with one attached hydrogen (secondary N) is 3. The fraction of sp³-hybridized carbons (Fsp3) is 0.429. The summed E-state index contributed by atoms with van der Waals surface area (Å²) in [5, 5.41) is 8.40. The van der Waals surface area contributed by atoms with Crippen LogP contribution in [0.3, 0.4) is 0 Å². The molecule has 1 aromatic carbocycles. The van der Waals surface area contributed by atoms with Gasteiger partial charge in [-0.25, -0.2) is 4.79 Å². The van der Waals surface area contributed by atoms with Gasteiger partial charge < -0.3 is 15.4 Å². The average Bonchev–Trinajstić information content (AvgIpc) is 2.44. The van der Waals surface area contributed by atoms with E-state index in [0.29, 0.717) is 17.4 Å². The minimum atomic E-state index is -0.549. The van der Waals surface area contributed by atoms with Crippen LogP contribution in [0.5, 0.6) is 0 Å². The maximum absolute atomic E-state index is 11.7. The number of hydrogen-bond acceptors (Lipinski definition) is 4. The molecule has 6 nitrogen and oxygen atoms in total. The summed E-state index contributed by atoms with van der Waals surface area (Å²) < 4.78 is 4.50. The predicted molar refractivity (Wildman–Crippen MR) is 78.9 cm³/mol. The minimum absolute atomic E-state index is 0.125. The molecule has 3 N–H and O–H groups in total. The van der Waals surface area contributed by atoms with Crippen molar-refractivity contribution in [3.63, 3.8) is 0 Å². The lowest BCUT2D eigenvalue weighted by molar-refractivity contribution is -0.115. The molecule has 1 atom stereocenters. The smallest absolute Gasteiger partial charge is 0.411 e. The molecule has 110 valence electrons. The van der Waals surface area contributed by atoms with Crippen molar-refractivity contribution in [2.45, 2.75) is 26.3 Å². The summed E-state index contributed by atoms with van der Waals surface area (Å²) in [7, 11) is 1.29. The third-order valence-corrected chi connectivity index (χ3v) is 2.80. The summed E-state index contributed by atoms with van der Waals surface area (Å²) in [5.41, 5.74) is 1.18. The maximum Gasteiger partial charge on any atom is 0.411 e. The molecule has 2 amide bonds. The Balaban J connectivity index is 2.53. The molecule has 0 aliphatic carbocycles. The summed E-state index contributed by atoms with van der Waals surface area (Å²) in [5.74, 6) is -0.125. The molecular formula is C14H21N3O3. The van der Waals surface area contributed by atoms with Gasteiger partial charge in [0.25, 0.3) is 0 Å². The van der Waals surface area contributed by atoms with Crippen LogP contribution in [-0.4, -0.2) is 31.7 Å². The minimum Gasteiger partial charge on any atom is -0.453 e. The Labute approximate surface area is 118 Å². The molecule has 0 aromatic heterocycles. The number of hydrogen-bond donors (Lipinski definition) is 3. The van der Waals surface area contributed by atoms with Crippen molar-refractivity contribution in [1.29, 1.82) is 0 Å². The molecule has 0 saturated heterocycles. The Morgan fingerprint density at radius 3 is 2.50 bits per heavy atom. The molecule has 0 saturated carbocycles. The number of ether oxygens (including phenoxy) is 1. The highest BCUT2D eigenvalue weighted by Gasteiger charge is 2.06. The largest absolute Gasteiger partial charge is 0.453 e. The first kappa shape index (κ1) is 16.0. The molecule has 1 unspecified atom stereocenters. The van der Waals surface area contributed by atoms with Crippen LogP contribution in [0.15, 0.2) is 24.3 Å². The number of benzene rings is 1. The molecule has 0 spiro atoms. The van der Waals surface area contributed by atoms with Crippen molar-refractivity contribution < 1.29 is 14.3 Å². The first-order valence-corrected chi connectivity index (χ1v) is 6.53. The standard InChI is InChI=1S/C14H21N3O3/c1-4-10(2)15-9-13(18)16-11-6-5-7-12(8-11)17-14(19)20-3/h5-8,10,15H,4,9H2,1-3H3,(H,16,18)(H,17,19). The number of carbonyl (C=O) groups is 2. The highest BCUT2D eigenvalue weighted by molar-refractivity contribution is 5.93. The molecule has 6 heteroatoms. The fourth-order valence-corrected chi connectivity index (χ4v) is 1.46. The normalized spacial score (nSPS) is 11.6. The number of anilines is 2. The zero-order chi connectivity index (χ0) is 15.0. The fourth-order valence-electron chi connectivity index (χ4n) is 1.46. The molecule has 1 aromatic rings. The highest BCUT2D eigenvalue weighted by Crippen LogP contribution is 2.15. The number of carbonyl (C=O) groups excluding carboxylic acids is 2. The molecule has 0 fully saturated rings. The second-order valence-corrected chi connectivity index (χ2v) is 4.44. The summed E-state index contributed by atoms with van der Waals surface area (Å²) in [4.78, 5) is 22.8. The van der Waals surface area contributed by atoms with Gasteiger partial charge in [0.15, 0.2) is 0 Å². The molecule has 20 heavy (non-hydrogen) atoms. The van der Waals surface area contributed by atoms with E-state index in [1.165, 1.54) is 7.11 Å². The van der Waals surface area contributed by atoms with Crippen LogP contribution in [0.1, 0.15) is 20.3 Å². The highest BCUT2D eigenvalue weighted by atomic mass is 16.5. The van der Waals surface area contributed by atoms with Crippen LogP contribution in [0, 0.1) is 0 Å². The van der Waals surface area contributed by atoms with Gasteiger partial charge in [-0.3, -0.25) is 10.1 Å². The summed E-state index contributed by atoms with van der Waals surface area (Å²) in [6, 6.07) is 7.17. The van der Waals surface area contributed by atoms with Gasteiger partial charge in [0, 0.05) is 17.4 Å². The average molecular weight is 279 g/mol. The third-order valence-electron chi connectivity index (χ3n) is 2.80. The lowest BCUT2D eigenvalue weighted by Crippen LogP contribution is -2.33. The zero-order valence-electron chi connectivity index (χ0n) is 12.0. The van der Waals surface area contributed by atoms with Gasteiger partial charge in [0.1, 0.15) is 0 Å². The van der Waals surface area contributed by atoms with Crippen molar-refractivity contribution in [2.75, 3.05) is 24.3 Å². The lowest BCUT2D eigenvalue weighted by atomic mass is 10.2. The molecule has 0 heterocycles. The molecule has 1 rings (SSSR count). The summed E-state index contributed by atoms with van der Waals surface area (Å²) >= 11 is 0. The van der Waals surface area contributed by atoms with Gasteiger partial charge in [0.05, 0.1) is 13.7 Å². The van der Waals surface area contributed by atoms with E-state index < -0.39 is 6.09 Å². The summed E-state index contributed by atoms with van der Waals surface area (Å²) in [6.07, 6.45) is 0.415. The van der Waals surface area contributed by atoms with Gasteiger partial charge in [-0.1, -0.05) is 13.0 Å². The van der Waals surface area contributed by atoms with E-state index in [-0.39, 0.29) is 12.5 Å². The van der Waals surface area contributed by atoms with Crippen LogP contribution in [0.25, 0.3) is 0 Å². The molecular weight excluding hydrogens is 258 g/mol. The van der Waals surface area contributed by atoms with E-state index in [1.54, 1.807) is 24.3 Å². The van der Waals surface area contributed by atoms with E-state index in [4.69, 9.17) is 0 Å². The van der Waals surface area contributed by atoms with Crippen LogP contribution >= 0.6 is 0 Å². The van der Waals surface area contributed by atoms with E-state index >= 15 is 0 Å². The molecule has 0 radical (unpaired) electrons. The van der Waals surface area contributed by atoms with Crippen molar-refractivity contribution in [1.82, 2.24) is 5.32 Å². The first-order chi connectivity index (χ1) is 9.55. The van der Waals surface area contributed by atoms with E-state index in [0.717, 1.165) is 6.42 Å². The number of methoxy groups -OCH3 is 1. The summed E-state index contributed by atoms with van der Waals surface area (Å²) in [6.45, 7) is 4.33. The SMILES string of the molecule is CCC(C)NCC(=O)Nc1cccc(NC(=O)OC)c1. The van der Waals surface area contributed by atoms with Crippen LogP contribution in [-0.2, 0) is 9.53 Å². The van der Waals surface area contributed by atoms with E-state index in [1.807, 2.05) is 6.92 Å². The van der Waals surface area contributed by atoms with Crippen molar-refractivity contribution >= 4 is 23.4 Å². The third kappa shape index (κ3) is 5.71. The second kappa shape index (κ2) is 8.16. The van der Waals surface area contributed by atoms with Crippen LogP contribution in [0.4, 0.5) is 16.2 Å². The molecule has 0 bridgehead atoms. The van der Waals surface area contributed by atoms with Crippen molar-refractivity contribution in [3.8, 4) is 0 Å². The molecule has 0 aliphatic heterocycles. The molecule has 0 aliphatic rings. The Hall–Kier alpha value is -2.08. The van der Waals surface area contributed by atoms with Gasteiger partial charge in [-0.2, -0.15) is 0 Å². The zero-order valence-corrected chi connectivity index (χ0v) is 12.0. The van der Waals surface area contributed by atoms with E-state index in [2.05, 4.69) is 27.6 Å². The van der Waals surface area contributed by atoms with Crippen LogP contribution < -0.4 is 16.0 Å². The Morgan fingerprint density at radius 2 is 1.90 bits per heavy atom. The monoisotopic (exact) mass is 279 g/mol. The second-order valence-electron chi connectivity index (χ2n) is 4.44. The first-order valence-electron chi connectivity index (χ1n) is 6.53. The topological polar surface area (TPSA) is 79.5 Å². The quantitative estimate of drug-likeness (QED) is 0.745. The Bertz CT molecular complexity index is 463. The Kier molecular flexibility index (Phi) is 6.52. The van der Waals surface area contributed by atoms with Crippen molar-refractivity contribution in [2.24, 2.45) is 0 Å². The number of rotatable bonds is 6. The van der Waals surface area contributed by atoms with Crippen molar-refractivity contribution in [3.05, 3.63) is 24.3 Å².